The average molecular weight is 324 g/mol. The van der Waals surface area contributed by atoms with E-state index in [0.29, 0.717) is 18.4 Å². The largest absolute Gasteiger partial charge is 0.440 e. The van der Waals surface area contributed by atoms with Crippen LogP contribution in [0.1, 0.15) is 17.6 Å². The van der Waals surface area contributed by atoms with Crippen LogP contribution in [0.5, 0.6) is 0 Å². The number of rotatable bonds is 2. The van der Waals surface area contributed by atoms with Crippen molar-refractivity contribution in [2.45, 2.75) is 24.7 Å². The van der Waals surface area contributed by atoms with Crippen LogP contribution in [0.25, 0.3) is 11.0 Å². The van der Waals surface area contributed by atoms with Gasteiger partial charge in [0.1, 0.15) is 0 Å². The van der Waals surface area contributed by atoms with Crippen molar-refractivity contribution in [3.63, 3.8) is 0 Å². The van der Waals surface area contributed by atoms with Crippen LogP contribution in [0.3, 0.4) is 0 Å². The van der Waals surface area contributed by atoms with Gasteiger partial charge >= 0.3 is 6.18 Å². The zero-order chi connectivity index (χ0) is 16.4. The predicted octanol–water partition coefficient (Wildman–Crippen LogP) is 1.89. The summed E-state index contributed by atoms with van der Waals surface area (Å²) in [7, 11) is 0. The molecule has 23 heavy (non-hydrogen) atoms. The number of aromatic nitrogens is 2. The van der Waals surface area contributed by atoms with Gasteiger partial charge in [-0.15, -0.1) is 0 Å². The highest BCUT2D eigenvalue weighted by Crippen LogP contribution is 2.40. The molecule has 1 aromatic heterocycles. The Morgan fingerprint density at radius 2 is 2.04 bits per heavy atom. The fourth-order valence-electron chi connectivity index (χ4n) is 2.68. The summed E-state index contributed by atoms with van der Waals surface area (Å²) in [6, 6.07) is 6.36. The summed E-state index contributed by atoms with van der Waals surface area (Å²) in [6.07, 6.45) is -3.95. The number of para-hydroxylation sites is 2. The van der Waals surface area contributed by atoms with Crippen LogP contribution in [0, 0.1) is 5.92 Å². The number of anilines is 1. The fraction of sp³-hybridized carbons (Fsp3) is 0.357. The lowest BCUT2D eigenvalue weighted by atomic mass is 10.1. The Bertz CT molecular complexity index is 840. The van der Waals surface area contributed by atoms with Gasteiger partial charge in [-0.25, -0.2) is 9.55 Å². The van der Waals surface area contributed by atoms with Crippen LogP contribution in [0.2, 0.25) is 0 Å². The maximum atomic E-state index is 13.6. The topological polar surface area (TPSA) is 76.0 Å². The second kappa shape index (κ2) is 4.24. The van der Waals surface area contributed by atoms with Gasteiger partial charge in [0.15, 0.2) is 0 Å². The summed E-state index contributed by atoms with van der Waals surface area (Å²) >= 11 is 0. The highest BCUT2D eigenvalue weighted by atomic mass is 19.4. The minimum atomic E-state index is -5.00. The number of nitrogens with one attached hydrogen (secondary N) is 2. The second-order valence-electron chi connectivity index (χ2n) is 5.70. The molecule has 9 heteroatoms. The van der Waals surface area contributed by atoms with Crippen LogP contribution in [-0.4, -0.2) is 33.2 Å². The third-order valence-corrected chi connectivity index (χ3v) is 4.07. The van der Waals surface area contributed by atoms with Gasteiger partial charge in [-0.3, -0.25) is 9.59 Å². The zero-order valence-electron chi connectivity index (χ0n) is 11.6. The minimum absolute atomic E-state index is 0.232. The SMILES string of the molecule is O=C(N[C@]1(C(F)(F)F)Nc2nc3ccccc3n2C1=O)C1CC1. The lowest BCUT2D eigenvalue weighted by Crippen LogP contribution is -2.67. The van der Waals surface area contributed by atoms with Crippen molar-refractivity contribution in [1.82, 2.24) is 14.9 Å². The van der Waals surface area contributed by atoms with E-state index in [1.54, 1.807) is 18.2 Å². The monoisotopic (exact) mass is 324 g/mol. The standard InChI is InChI=1S/C14H11F3N4O2/c15-14(16,17)13(19-10(22)7-5-6-7)11(23)21-9-4-2-1-3-8(9)18-12(21)20-13/h1-4,7H,5-6H2,(H,18,20)(H,19,22)/t13-/m0/s1. The van der Waals surface area contributed by atoms with Crippen LogP contribution in [-0.2, 0) is 4.79 Å². The molecule has 1 aromatic carbocycles. The highest BCUT2D eigenvalue weighted by Gasteiger charge is 2.67. The third kappa shape index (κ3) is 1.85. The van der Waals surface area contributed by atoms with E-state index in [2.05, 4.69) is 10.3 Å². The van der Waals surface area contributed by atoms with Crippen LogP contribution in [0.15, 0.2) is 24.3 Å². The summed E-state index contributed by atoms with van der Waals surface area (Å²) in [5, 5.41) is 3.94. The van der Waals surface area contributed by atoms with Crippen LogP contribution >= 0.6 is 0 Å². The molecular formula is C14H11F3N4O2. The van der Waals surface area contributed by atoms with E-state index in [-0.39, 0.29) is 11.5 Å². The Kier molecular flexibility index (Phi) is 2.59. The smallest absolute Gasteiger partial charge is 0.318 e. The van der Waals surface area contributed by atoms with Crippen molar-refractivity contribution in [3.05, 3.63) is 24.3 Å². The summed E-state index contributed by atoms with van der Waals surface area (Å²) in [5.41, 5.74) is -2.52. The fourth-order valence-corrected chi connectivity index (χ4v) is 2.68. The molecule has 0 bridgehead atoms. The van der Waals surface area contributed by atoms with E-state index in [9.17, 15) is 22.8 Å². The van der Waals surface area contributed by atoms with Gasteiger partial charge in [0.25, 0.3) is 11.6 Å². The molecule has 1 atom stereocenters. The van der Waals surface area contributed by atoms with E-state index in [1.807, 2.05) is 5.32 Å². The number of imidazole rings is 1. The molecule has 0 radical (unpaired) electrons. The summed E-state index contributed by atoms with van der Waals surface area (Å²) in [4.78, 5) is 28.4. The Balaban J connectivity index is 1.82. The van der Waals surface area contributed by atoms with E-state index in [0.717, 1.165) is 4.57 Å². The number of benzene rings is 1. The van der Waals surface area contributed by atoms with Gasteiger partial charge in [0, 0.05) is 5.92 Å². The summed E-state index contributed by atoms with van der Waals surface area (Å²) in [5.74, 6) is -2.78. The first-order chi connectivity index (χ1) is 10.8. The zero-order valence-corrected chi connectivity index (χ0v) is 11.6. The Morgan fingerprint density at radius 1 is 1.35 bits per heavy atom. The second-order valence-corrected chi connectivity index (χ2v) is 5.70. The first-order valence-corrected chi connectivity index (χ1v) is 7.03. The Labute approximate surface area is 127 Å². The first kappa shape index (κ1) is 14.0. The highest BCUT2D eigenvalue weighted by molar-refractivity contribution is 6.06. The molecule has 120 valence electrons. The lowest BCUT2D eigenvalue weighted by Gasteiger charge is -2.30. The molecule has 6 nitrogen and oxygen atoms in total. The number of alkyl halides is 3. The quantitative estimate of drug-likeness (QED) is 0.884. The maximum absolute atomic E-state index is 13.6. The average Bonchev–Trinajstić information content (AvgIpc) is 3.21. The van der Waals surface area contributed by atoms with E-state index in [4.69, 9.17) is 0 Å². The Hall–Kier alpha value is -2.58. The molecule has 1 amide bonds. The van der Waals surface area contributed by atoms with Gasteiger partial charge in [-0.05, 0) is 25.0 Å². The first-order valence-electron chi connectivity index (χ1n) is 7.03. The Morgan fingerprint density at radius 3 is 2.70 bits per heavy atom. The number of amides is 1. The van der Waals surface area contributed by atoms with Gasteiger partial charge < -0.3 is 10.6 Å². The normalized spacial score (nSPS) is 23.7. The molecule has 0 saturated heterocycles. The molecule has 1 fully saturated rings. The van der Waals surface area contributed by atoms with Crippen molar-refractivity contribution in [2.75, 3.05) is 5.32 Å². The molecule has 2 aromatic rings. The number of carbonyl (C=O) groups excluding carboxylic acids is 2. The molecule has 2 aliphatic rings. The van der Waals surface area contributed by atoms with Crippen molar-refractivity contribution >= 4 is 28.8 Å². The maximum Gasteiger partial charge on any atom is 0.440 e. The molecular weight excluding hydrogens is 313 g/mol. The number of nitrogens with zero attached hydrogens (tertiary/aromatic N) is 2. The molecule has 2 heterocycles. The van der Waals surface area contributed by atoms with E-state index >= 15 is 0 Å². The van der Waals surface area contributed by atoms with E-state index in [1.165, 1.54) is 6.07 Å². The van der Waals surface area contributed by atoms with Gasteiger partial charge in [-0.1, -0.05) is 12.1 Å². The number of hydrogen-bond donors (Lipinski definition) is 2. The summed E-state index contributed by atoms with van der Waals surface area (Å²) < 4.78 is 41.7. The van der Waals surface area contributed by atoms with Crippen molar-refractivity contribution < 1.29 is 22.8 Å². The molecule has 0 unspecified atom stereocenters. The van der Waals surface area contributed by atoms with Crippen molar-refractivity contribution in [3.8, 4) is 0 Å². The molecule has 4 rings (SSSR count). The van der Waals surface area contributed by atoms with Crippen LogP contribution < -0.4 is 10.6 Å². The number of hydrogen-bond acceptors (Lipinski definition) is 4. The molecule has 1 saturated carbocycles. The van der Waals surface area contributed by atoms with Gasteiger partial charge in [0.05, 0.1) is 11.0 Å². The minimum Gasteiger partial charge on any atom is -0.318 e. The molecule has 1 aliphatic heterocycles. The van der Waals surface area contributed by atoms with Gasteiger partial charge in [0.2, 0.25) is 11.9 Å². The molecule has 2 N–H and O–H groups in total. The molecule has 0 spiro atoms. The number of fused-ring (bicyclic) bond motifs is 3. The number of carbonyl (C=O) groups is 2. The molecule has 1 aliphatic carbocycles. The van der Waals surface area contributed by atoms with Crippen molar-refractivity contribution in [2.24, 2.45) is 5.92 Å². The third-order valence-electron chi connectivity index (χ3n) is 4.07. The van der Waals surface area contributed by atoms with Gasteiger partial charge in [-0.2, -0.15) is 13.2 Å². The predicted molar refractivity (Wildman–Crippen MR) is 73.6 cm³/mol. The van der Waals surface area contributed by atoms with Crippen molar-refractivity contribution in [1.29, 1.82) is 0 Å². The lowest BCUT2D eigenvalue weighted by molar-refractivity contribution is -0.176. The van der Waals surface area contributed by atoms with E-state index < -0.39 is 29.6 Å². The number of halogens is 3. The van der Waals surface area contributed by atoms with Crippen LogP contribution in [0.4, 0.5) is 19.1 Å². The summed E-state index contributed by atoms with van der Waals surface area (Å²) in [6.45, 7) is 0.